The largest absolute Gasteiger partial charge is 0.382 e. The SMILES string of the molecule is CCOCc1nc2c(N)nc3cc(-c4cccnc4)ccc3c2n1CCNC(=O)C(C)C. The molecule has 0 spiro atoms. The summed E-state index contributed by atoms with van der Waals surface area (Å²) in [6.45, 7) is 7.68. The molecule has 0 fully saturated rings. The van der Waals surface area contributed by atoms with Crippen molar-refractivity contribution < 1.29 is 9.53 Å². The number of carbonyl (C=O) groups excluding carboxylic acids is 1. The Morgan fingerprint density at radius 2 is 2.06 bits per heavy atom. The highest BCUT2D eigenvalue weighted by atomic mass is 16.5. The molecule has 166 valence electrons. The molecule has 3 aromatic heterocycles. The lowest BCUT2D eigenvalue weighted by Gasteiger charge is -2.13. The number of nitrogens with one attached hydrogen (secondary N) is 1. The summed E-state index contributed by atoms with van der Waals surface area (Å²) in [5.74, 6) is 1.09. The molecule has 0 aliphatic carbocycles. The lowest BCUT2D eigenvalue weighted by molar-refractivity contribution is -0.124. The van der Waals surface area contributed by atoms with E-state index in [1.807, 2.05) is 51.2 Å². The van der Waals surface area contributed by atoms with Crippen molar-refractivity contribution in [3.8, 4) is 11.1 Å². The smallest absolute Gasteiger partial charge is 0.222 e. The Bertz CT molecular complexity index is 1250. The molecular weight excluding hydrogens is 404 g/mol. The molecule has 32 heavy (non-hydrogen) atoms. The maximum Gasteiger partial charge on any atom is 0.222 e. The van der Waals surface area contributed by atoms with E-state index < -0.39 is 0 Å². The van der Waals surface area contributed by atoms with E-state index in [2.05, 4.69) is 25.9 Å². The van der Waals surface area contributed by atoms with Crippen molar-refractivity contribution in [3.05, 3.63) is 48.5 Å². The van der Waals surface area contributed by atoms with Crippen molar-refractivity contribution >= 4 is 33.7 Å². The standard InChI is InChI=1S/C24H28N6O2/c1-4-32-14-20-29-21-22(30(20)11-10-27-24(31)15(2)3)18-8-7-16(12-19(18)28-23(21)25)17-6-5-9-26-13-17/h5-9,12-13,15H,4,10-11,14H2,1-3H3,(H2,25,28)(H,27,31). The van der Waals surface area contributed by atoms with E-state index in [9.17, 15) is 4.79 Å². The van der Waals surface area contributed by atoms with Gasteiger partial charge in [0.15, 0.2) is 5.82 Å². The lowest BCUT2D eigenvalue weighted by Crippen LogP contribution is -2.31. The average molecular weight is 433 g/mol. The summed E-state index contributed by atoms with van der Waals surface area (Å²) in [6.07, 6.45) is 3.58. The number of hydrogen-bond donors (Lipinski definition) is 2. The predicted octanol–water partition coefficient (Wildman–Crippen LogP) is 3.54. The predicted molar refractivity (Wildman–Crippen MR) is 126 cm³/mol. The second-order valence-corrected chi connectivity index (χ2v) is 7.93. The fourth-order valence-corrected chi connectivity index (χ4v) is 3.71. The second kappa shape index (κ2) is 9.32. The van der Waals surface area contributed by atoms with Gasteiger partial charge in [-0.05, 0) is 24.6 Å². The highest BCUT2D eigenvalue weighted by Crippen LogP contribution is 2.31. The quantitative estimate of drug-likeness (QED) is 0.441. The fourth-order valence-electron chi connectivity index (χ4n) is 3.71. The number of aromatic nitrogens is 4. The third-order valence-electron chi connectivity index (χ3n) is 5.37. The van der Waals surface area contributed by atoms with Crippen LogP contribution in [0.25, 0.3) is 33.1 Å². The van der Waals surface area contributed by atoms with Crippen LogP contribution in [0.15, 0.2) is 42.7 Å². The zero-order chi connectivity index (χ0) is 22.7. The van der Waals surface area contributed by atoms with Crippen LogP contribution in [0.1, 0.15) is 26.6 Å². The van der Waals surface area contributed by atoms with Crippen molar-refractivity contribution in [1.29, 1.82) is 0 Å². The third-order valence-corrected chi connectivity index (χ3v) is 5.37. The molecule has 3 N–H and O–H groups in total. The minimum atomic E-state index is -0.0657. The number of nitrogens with two attached hydrogens (primary N) is 1. The maximum atomic E-state index is 12.0. The van der Waals surface area contributed by atoms with Gasteiger partial charge in [0, 0.05) is 49.0 Å². The topological polar surface area (TPSA) is 108 Å². The monoisotopic (exact) mass is 432 g/mol. The van der Waals surface area contributed by atoms with E-state index in [1.54, 1.807) is 6.20 Å². The Labute approximate surface area is 186 Å². The number of hydrogen-bond acceptors (Lipinski definition) is 6. The zero-order valence-electron chi connectivity index (χ0n) is 18.6. The average Bonchev–Trinajstić information content (AvgIpc) is 3.17. The van der Waals surface area contributed by atoms with Crippen LogP contribution in [-0.2, 0) is 22.7 Å². The normalized spacial score (nSPS) is 11.5. The van der Waals surface area contributed by atoms with E-state index >= 15 is 0 Å². The van der Waals surface area contributed by atoms with Crippen LogP contribution < -0.4 is 11.1 Å². The molecule has 0 aliphatic heterocycles. The van der Waals surface area contributed by atoms with Crippen molar-refractivity contribution in [2.75, 3.05) is 18.9 Å². The van der Waals surface area contributed by atoms with E-state index in [0.717, 1.165) is 33.4 Å². The van der Waals surface area contributed by atoms with Crippen LogP contribution >= 0.6 is 0 Å². The van der Waals surface area contributed by atoms with Gasteiger partial charge >= 0.3 is 0 Å². The van der Waals surface area contributed by atoms with Gasteiger partial charge in [0.2, 0.25) is 5.91 Å². The molecule has 0 unspecified atom stereocenters. The molecule has 8 heteroatoms. The molecule has 0 saturated heterocycles. The number of benzene rings is 1. The van der Waals surface area contributed by atoms with Crippen molar-refractivity contribution in [3.63, 3.8) is 0 Å². The number of fused-ring (bicyclic) bond motifs is 3. The van der Waals surface area contributed by atoms with Gasteiger partial charge in [0.25, 0.3) is 0 Å². The number of nitrogen functional groups attached to an aromatic ring is 1. The number of nitrogens with zero attached hydrogens (tertiary/aromatic N) is 4. The van der Waals surface area contributed by atoms with Crippen molar-refractivity contribution in [2.45, 2.75) is 33.9 Å². The summed E-state index contributed by atoms with van der Waals surface area (Å²) < 4.78 is 7.72. The first-order valence-electron chi connectivity index (χ1n) is 10.8. The molecular formula is C24H28N6O2. The maximum absolute atomic E-state index is 12.0. The number of anilines is 1. The molecule has 4 aromatic rings. The third kappa shape index (κ3) is 4.27. The first-order chi connectivity index (χ1) is 15.5. The van der Waals surface area contributed by atoms with Crippen LogP contribution in [-0.4, -0.2) is 38.6 Å². The van der Waals surface area contributed by atoms with Crippen molar-refractivity contribution in [1.82, 2.24) is 24.8 Å². The van der Waals surface area contributed by atoms with Crippen LogP contribution in [0, 0.1) is 5.92 Å². The number of imidazole rings is 1. The van der Waals surface area contributed by atoms with E-state index in [1.165, 1.54) is 0 Å². The Morgan fingerprint density at radius 3 is 2.78 bits per heavy atom. The van der Waals surface area contributed by atoms with Gasteiger partial charge in [-0.2, -0.15) is 0 Å². The highest BCUT2D eigenvalue weighted by molar-refractivity contribution is 6.07. The van der Waals surface area contributed by atoms with E-state index in [-0.39, 0.29) is 11.8 Å². The summed E-state index contributed by atoms with van der Waals surface area (Å²) in [5, 5.41) is 3.93. The lowest BCUT2D eigenvalue weighted by atomic mass is 10.0. The van der Waals surface area contributed by atoms with Crippen LogP contribution in [0.4, 0.5) is 5.82 Å². The molecule has 1 amide bonds. The van der Waals surface area contributed by atoms with Gasteiger partial charge in [-0.15, -0.1) is 0 Å². The van der Waals surface area contributed by atoms with Gasteiger partial charge in [-0.3, -0.25) is 9.78 Å². The van der Waals surface area contributed by atoms with Gasteiger partial charge in [0.1, 0.15) is 17.9 Å². The first kappa shape index (κ1) is 21.7. The molecule has 4 rings (SSSR count). The van der Waals surface area contributed by atoms with Crippen molar-refractivity contribution in [2.24, 2.45) is 5.92 Å². The Balaban J connectivity index is 1.81. The minimum Gasteiger partial charge on any atom is -0.382 e. The summed E-state index contributed by atoms with van der Waals surface area (Å²) in [4.78, 5) is 25.6. The summed E-state index contributed by atoms with van der Waals surface area (Å²) in [7, 11) is 0. The molecule has 0 radical (unpaired) electrons. The number of pyridine rings is 2. The zero-order valence-corrected chi connectivity index (χ0v) is 18.6. The summed E-state index contributed by atoms with van der Waals surface area (Å²) >= 11 is 0. The molecule has 8 nitrogen and oxygen atoms in total. The number of amides is 1. The molecule has 0 atom stereocenters. The van der Waals surface area contributed by atoms with Crippen LogP contribution in [0.2, 0.25) is 0 Å². The van der Waals surface area contributed by atoms with Crippen LogP contribution in [0.3, 0.4) is 0 Å². The molecule has 0 bridgehead atoms. The minimum absolute atomic E-state index is 0.0212. The highest BCUT2D eigenvalue weighted by Gasteiger charge is 2.18. The van der Waals surface area contributed by atoms with Crippen LogP contribution in [0.5, 0.6) is 0 Å². The molecule has 0 aliphatic rings. The molecule has 0 saturated carbocycles. The summed E-state index contributed by atoms with van der Waals surface area (Å²) in [6, 6.07) is 10.0. The second-order valence-electron chi connectivity index (χ2n) is 7.93. The number of rotatable bonds is 8. The van der Waals surface area contributed by atoms with Gasteiger partial charge < -0.3 is 20.4 Å². The molecule has 3 heterocycles. The van der Waals surface area contributed by atoms with Gasteiger partial charge in [0.05, 0.1) is 11.0 Å². The first-order valence-corrected chi connectivity index (χ1v) is 10.8. The Kier molecular flexibility index (Phi) is 6.32. The van der Waals surface area contributed by atoms with E-state index in [4.69, 9.17) is 15.5 Å². The van der Waals surface area contributed by atoms with E-state index in [0.29, 0.717) is 37.6 Å². The summed E-state index contributed by atoms with van der Waals surface area (Å²) in [5.41, 5.74) is 10.7. The van der Waals surface area contributed by atoms with Gasteiger partial charge in [-0.25, -0.2) is 9.97 Å². The Morgan fingerprint density at radius 1 is 1.22 bits per heavy atom. The fraction of sp³-hybridized carbons (Fsp3) is 0.333. The number of ether oxygens (including phenoxy) is 1. The number of carbonyl (C=O) groups is 1. The Hall–Kier alpha value is -3.52. The van der Waals surface area contributed by atoms with Gasteiger partial charge in [-0.1, -0.05) is 32.0 Å². The molecule has 1 aromatic carbocycles.